The minimum atomic E-state index is -0.448. The number of rotatable bonds is 9. The van der Waals surface area contributed by atoms with Gasteiger partial charge in [0.15, 0.2) is 6.61 Å². The first-order valence-corrected chi connectivity index (χ1v) is 10.2. The standard InChI is InChI=1S/C25H24N4O4/c1-18-6-5-7-20(14-18)25(32)26-16-23(30)29-27-15-19-10-12-22(13-11-19)33-17-24(31)28-21-8-3-2-4-9-21/h2-15H,16-17H2,1H3,(H,26,32)(H,28,31)(H,29,30)/b27-15+. The molecule has 33 heavy (non-hydrogen) atoms. The van der Waals surface area contributed by atoms with Crippen LogP contribution in [0.4, 0.5) is 5.69 Å². The Morgan fingerprint density at radius 3 is 2.39 bits per heavy atom. The van der Waals surface area contributed by atoms with Crippen LogP contribution in [0.15, 0.2) is 84.0 Å². The first kappa shape index (κ1) is 23.2. The summed E-state index contributed by atoms with van der Waals surface area (Å²) in [6.07, 6.45) is 1.46. The van der Waals surface area contributed by atoms with E-state index in [1.54, 1.807) is 54.6 Å². The molecule has 0 saturated carbocycles. The molecule has 0 aliphatic rings. The summed E-state index contributed by atoms with van der Waals surface area (Å²) in [6, 6.07) is 23.1. The molecule has 3 rings (SSSR count). The van der Waals surface area contributed by atoms with Crippen molar-refractivity contribution in [3.05, 3.63) is 95.6 Å². The zero-order chi connectivity index (χ0) is 23.5. The van der Waals surface area contributed by atoms with E-state index in [9.17, 15) is 14.4 Å². The van der Waals surface area contributed by atoms with Crippen molar-refractivity contribution >= 4 is 29.6 Å². The number of hydrogen-bond donors (Lipinski definition) is 3. The van der Waals surface area contributed by atoms with Gasteiger partial charge in [-0.05, 0) is 61.0 Å². The minimum absolute atomic E-state index is 0.118. The molecule has 8 nitrogen and oxygen atoms in total. The van der Waals surface area contributed by atoms with Crippen LogP contribution in [-0.2, 0) is 9.59 Å². The Bertz CT molecular complexity index is 1130. The van der Waals surface area contributed by atoms with Crippen molar-refractivity contribution in [3.63, 3.8) is 0 Å². The lowest BCUT2D eigenvalue weighted by atomic mass is 10.1. The highest BCUT2D eigenvalue weighted by atomic mass is 16.5. The van der Waals surface area contributed by atoms with Crippen molar-refractivity contribution in [2.45, 2.75) is 6.92 Å². The SMILES string of the molecule is Cc1cccc(C(=O)NCC(=O)N/N=C/c2ccc(OCC(=O)Nc3ccccc3)cc2)c1. The molecule has 0 fully saturated rings. The lowest BCUT2D eigenvalue weighted by Crippen LogP contribution is -2.34. The van der Waals surface area contributed by atoms with Crippen LogP contribution in [-0.4, -0.2) is 37.1 Å². The van der Waals surface area contributed by atoms with Crippen LogP contribution in [0, 0.1) is 6.92 Å². The van der Waals surface area contributed by atoms with Crippen molar-refractivity contribution in [1.29, 1.82) is 0 Å². The summed E-state index contributed by atoms with van der Waals surface area (Å²) in [6.45, 7) is 1.58. The number of nitrogens with zero attached hydrogens (tertiary/aromatic N) is 1. The van der Waals surface area contributed by atoms with Gasteiger partial charge in [-0.15, -0.1) is 0 Å². The Balaban J connectivity index is 1.38. The van der Waals surface area contributed by atoms with Crippen LogP contribution < -0.4 is 20.8 Å². The normalized spacial score (nSPS) is 10.5. The fraction of sp³-hybridized carbons (Fsp3) is 0.120. The van der Waals surface area contributed by atoms with Gasteiger partial charge in [-0.1, -0.05) is 35.9 Å². The van der Waals surface area contributed by atoms with E-state index in [-0.39, 0.29) is 25.0 Å². The van der Waals surface area contributed by atoms with Gasteiger partial charge in [-0.3, -0.25) is 14.4 Å². The molecule has 3 amide bonds. The predicted molar refractivity (Wildman–Crippen MR) is 126 cm³/mol. The van der Waals surface area contributed by atoms with E-state index in [2.05, 4.69) is 21.2 Å². The van der Waals surface area contributed by atoms with Crippen LogP contribution >= 0.6 is 0 Å². The van der Waals surface area contributed by atoms with Gasteiger partial charge in [0.05, 0.1) is 12.8 Å². The van der Waals surface area contributed by atoms with E-state index in [1.165, 1.54) is 6.21 Å². The van der Waals surface area contributed by atoms with Crippen molar-refractivity contribution in [2.24, 2.45) is 5.10 Å². The average Bonchev–Trinajstić information content (AvgIpc) is 2.82. The molecule has 0 radical (unpaired) electrons. The third-order valence-corrected chi connectivity index (χ3v) is 4.40. The molecule has 0 bridgehead atoms. The van der Waals surface area contributed by atoms with Crippen molar-refractivity contribution in [2.75, 3.05) is 18.5 Å². The van der Waals surface area contributed by atoms with Crippen molar-refractivity contribution in [1.82, 2.24) is 10.7 Å². The molecule has 0 aliphatic carbocycles. The molecule has 0 unspecified atom stereocenters. The van der Waals surface area contributed by atoms with Gasteiger partial charge in [0.25, 0.3) is 17.7 Å². The van der Waals surface area contributed by atoms with Gasteiger partial charge in [0.2, 0.25) is 0 Å². The molecular weight excluding hydrogens is 420 g/mol. The molecule has 168 valence electrons. The van der Waals surface area contributed by atoms with E-state index in [0.29, 0.717) is 17.0 Å². The molecule has 8 heteroatoms. The number of amides is 3. The maximum absolute atomic E-state index is 12.0. The Morgan fingerprint density at radius 1 is 0.909 bits per heavy atom. The van der Waals surface area contributed by atoms with Crippen molar-refractivity contribution in [3.8, 4) is 5.75 Å². The highest BCUT2D eigenvalue weighted by Gasteiger charge is 2.07. The summed E-state index contributed by atoms with van der Waals surface area (Å²) in [5, 5.41) is 9.16. The zero-order valence-electron chi connectivity index (χ0n) is 18.1. The van der Waals surface area contributed by atoms with Crippen LogP contribution in [0.1, 0.15) is 21.5 Å². The van der Waals surface area contributed by atoms with Gasteiger partial charge in [0, 0.05) is 11.3 Å². The second kappa shape index (κ2) is 11.8. The van der Waals surface area contributed by atoms with E-state index in [4.69, 9.17) is 4.74 Å². The summed E-state index contributed by atoms with van der Waals surface area (Å²) >= 11 is 0. The van der Waals surface area contributed by atoms with E-state index in [1.807, 2.05) is 31.2 Å². The lowest BCUT2D eigenvalue weighted by molar-refractivity contribution is -0.120. The highest BCUT2D eigenvalue weighted by Crippen LogP contribution is 2.11. The van der Waals surface area contributed by atoms with E-state index in [0.717, 1.165) is 11.1 Å². The van der Waals surface area contributed by atoms with Gasteiger partial charge in [0.1, 0.15) is 5.75 Å². The van der Waals surface area contributed by atoms with Crippen LogP contribution in [0.5, 0.6) is 5.75 Å². The largest absolute Gasteiger partial charge is 0.484 e. The van der Waals surface area contributed by atoms with Gasteiger partial charge in [-0.25, -0.2) is 5.43 Å². The quantitative estimate of drug-likeness (QED) is 0.348. The Labute approximate surface area is 191 Å². The number of hydrazone groups is 1. The Hall–Kier alpha value is -4.46. The Morgan fingerprint density at radius 2 is 1.67 bits per heavy atom. The lowest BCUT2D eigenvalue weighted by Gasteiger charge is -2.07. The number of ether oxygens (including phenoxy) is 1. The molecule has 3 N–H and O–H groups in total. The third-order valence-electron chi connectivity index (χ3n) is 4.40. The van der Waals surface area contributed by atoms with Crippen LogP contribution in [0.2, 0.25) is 0 Å². The Kier molecular flexibility index (Phi) is 8.30. The molecule has 0 spiro atoms. The molecule has 3 aromatic carbocycles. The summed E-state index contributed by atoms with van der Waals surface area (Å²) in [7, 11) is 0. The molecule has 0 heterocycles. The van der Waals surface area contributed by atoms with Gasteiger partial charge >= 0.3 is 0 Å². The monoisotopic (exact) mass is 444 g/mol. The number of nitrogens with one attached hydrogen (secondary N) is 3. The fourth-order valence-electron chi connectivity index (χ4n) is 2.78. The first-order chi connectivity index (χ1) is 16.0. The number of benzene rings is 3. The smallest absolute Gasteiger partial charge is 0.262 e. The van der Waals surface area contributed by atoms with E-state index >= 15 is 0 Å². The molecule has 0 aromatic heterocycles. The summed E-state index contributed by atoms with van der Waals surface area (Å²) in [5.74, 6) is -0.509. The minimum Gasteiger partial charge on any atom is -0.484 e. The van der Waals surface area contributed by atoms with E-state index < -0.39 is 5.91 Å². The number of para-hydroxylation sites is 1. The maximum atomic E-state index is 12.0. The highest BCUT2D eigenvalue weighted by molar-refractivity contribution is 5.96. The van der Waals surface area contributed by atoms with Crippen LogP contribution in [0.25, 0.3) is 0 Å². The number of anilines is 1. The fourth-order valence-corrected chi connectivity index (χ4v) is 2.78. The zero-order valence-corrected chi connectivity index (χ0v) is 18.1. The number of aryl methyl sites for hydroxylation is 1. The average molecular weight is 444 g/mol. The second-order valence-electron chi connectivity index (χ2n) is 7.12. The first-order valence-electron chi connectivity index (χ1n) is 10.2. The summed E-state index contributed by atoms with van der Waals surface area (Å²) in [5.41, 5.74) is 5.24. The third kappa shape index (κ3) is 7.95. The van der Waals surface area contributed by atoms with Crippen LogP contribution in [0.3, 0.4) is 0 Å². The number of carbonyl (C=O) groups is 3. The summed E-state index contributed by atoms with van der Waals surface area (Å²) in [4.78, 5) is 35.8. The number of hydrogen-bond acceptors (Lipinski definition) is 5. The van der Waals surface area contributed by atoms with Gasteiger partial charge < -0.3 is 15.4 Å². The maximum Gasteiger partial charge on any atom is 0.262 e. The molecular formula is C25H24N4O4. The molecule has 0 saturated heterocycles. The van der Waals surface area contributed by atoms with Crippen molar-refractivity contribution < 1.29 is 19.1 Å². The van der Waals surface area contributed by atoms with Gasteiger partial charge in [-0.2, -0.15) is 5.10 Å². The second-order valence-corrected chi connectivity index (χ2v) is 7.12. The molecule has 0 atom stereocenters. The topological polar surface area (TPSA) is 109 Å². The molecule has 3 aromatic rings. The molecule has 0 aliphatic heterocycles. The summed E-state index contributed by atoms with van der Waals surface area (Å²) < 4.78 is 5.47. The number of carbonyl (C=O) groups excluding carboxylic acids is 3. The predicted octanol–water partition coefficient (Wildman–Crippen LogP) is 2.89.